The van der Waals surface area contributed by atoms with Gasteiger partial charge in [-0.15, -0.1) is 0 Å². The number of carbonyl (C=O) groups excluding carboxylic acids is 1. The number of carbonyl (C=O) groups is 1. The van der Waals surface area contributed by atoms with Gasteiger partial charge in [0, 0.05) is 30.8 Å². The lowest BCUT2D eigenvalue weighted by atomic mass is 9.78. The standard InChI is InChI=1S/C30H28F3NO3/c1-18-26(11-6-12-27(18)30(31,32)33)29(36)15-19-13-14-20(16-29)34(19)28(35)37-17-25-23-9-4-2-7-21(23)22-8-3-5-10-24(22)25/h2-12,19-20,25,36H,13-17H2,1H3. The van der Waals surface area contributed by atoms with Crippen molar-refractivity contribution < 1.29 is 27.8 Å². The summed E-state index contributed by atoms with van der Waals surface area (Å²) < 4.78 is 46.4. The van der Waals surface area contributed by atoms with Gasteiger partial charge in [0.15, 0.2) is 0 Å². The molecule has 1 aliphatic carbocycles. The topological polar surface area (TPSA) is 49.8 Å². The number of hydrogen-bond donors (Lipinski definition) is 1. The number of piperidine rings is 1. The number of aliphatic hydroxyl groups is 1. The highest BCUT2D eigenvalue weighted by Gasteiger charge is 2.51. The number of hydrogen-bond acceptors (Lipinski definition) is 3. The molecule has 2 unspecified atom stereocenters. The van der Waals surface area contributed by atoms with Crippen LogP contribution in [0.4, 0.5) is 18.0 Å². The van der Waals surface area contributed by atoms with Gasteiger partial charge in [-0.2, -0.15) is 13.2 Å². The fraction of sp³-hybridized carbons (Fsp3) is 0.367. The normalized spacial score (nSPS) is 24.6. The van der Waals surface area contributed by atoms with Crippen molar-refractivity contribution in [2.24, 2.45) is 0 Å². The summed E-state index contributed by atoms with van der Waals surface area (Å²) in [5.74, 6) is -0.0523. The number of ether oxygens (including phenoxy) is 1. The highest BCUT2D eigenvalue weighted by molar-refractivity contribution is 5.79. The molecule has 192 valence electrons. The molecule has 1 amide bonds. The largest absolute Gasteiger partial charge is 0.448 e. The molecule has 7 heteroatoms. The van der Waals surface area contributed by atoms with Gasteiger partial charge in [0.05, 0.1) is 11.2 Å². The SMILES string of the molecule is Cc1c(C(F)(F)F)cccc1C1(O)CC2CCC(C1)N2C(=O)OCC1c2ccccc2-c2ccccc21. The van der Waals surface area contributed by atoms with E-state index in [-0.39, 0.29) is 43.0 Å². The summed E-state index contributed by atoms with van der Waals surface area (Å²) in [6, 6.07) is 19.7. The van der Waals surface area contributed by atoms with Crippen LogP contribution in [0.25, 0.3) is 11.1 Å². The van der Waals surface area contributed by atoms with E-state index in [0.717, 1.165) is 28.3 Å². The van der Waals surface area contributed by atoms with Crippen LogP contribution in [0.15, 0.2) is 66.7 Å². The number of amides is 1. The van der Waals surface area contributed by atoms with Crippen molar-refractivity contribution in [3.05, 3.63) is 94.5 Å². The van der Waals surface area contributed by atoms with Crippen LogP contribution in [0.1, 0.15) is 59.4 Å². The van der Waals surface area contributed by atoms with Crippen molar-refractivity contribution in [2.45, 2.75) is 62.4 Å². The summed E-state index contributed by atoms with van der Waals surface area (Å²) in [5, 5.41) is 11.6. The molecule has 3 aromatic carbocycles. The molecule has 0 aromatic heterocycles. The molecular weight excluding hydrogens is 479 g/mol. The van der Waals surface area contributed by atoms with Crippen molar-refractivity contribution in [2.75, 3.05) is 6.61 Å². The van der Waals surface area contributed by atoms with Gasteiger partial charge in [0.25, 0.3) is 0 Å². The minimum Gasteiger partial charge on any atom is -0.448 e. The molecule has 2 atom stereocenters. The summed E-state index contributed by atoms with van der Waals surface area (Å²) in [4.78, 5) is 15.0. The van der Waals surface area contributed by atoms with Gasteiger partial charge in [-0.1, -0.05) is 60.7 Å². The zero-order valence-electron chi connectivity index (χ0n) is 20.5. The second kappa shape index (κ2) is 8.62. The molecule has 0 radical (unpaired) electrons. The maximum absolute atomic E-state index is 13.5. The number of fused-ring (bicyclic) bond motifs is 5. The third-order valence-electron chi connectivity index (χ3n) is 8.45. The van der Waals surface area contributed by atoms with Gasteiger partial charge >= 0.3 is 12.3 Å². The Kier molecular flexibility index (Phi) is 5.60. The Morgan fingerprint density at radius 2 is 1.51 bits per heavy atom. The highest BCUT2D eigenvalue weighted by Crippen LogP contribution is 2.49. The van der Waals surface area contributed by atoms with Crippen LogP contribution in [0.5, 0.6) is 0 Å². The Morgan fingerprint density at radius 3 is 2.08 bits per heavy atom. The molecule has 37 heavy (non-hydrogen) atoms. The van der Waals surface area contributed by atoms with Crippen LogP contribution in [0, 0.1) is 6.92 Å². The van der Waals surface area contributed by atoms with Gasteiger partial charge in [-0.3, -0.25) is 0 Å². The molecule has 3 aliphatic rings. The summed E-state index contributed by atoms with van der Waals surface area (Å²) in [7, 11) is 0. The Bertz CT molecular complexity index is 1310. The second-order valence-corrected chi connectivity index (χ2v) is 10.5. The van der Waals surface area contributed by atoms with E-state index in [4.69, 9.17) is 4.74 Å². The van der Waals surface area contributed by atoms with E-state index in [1.807, 2.05) is 24.3 Å². The predicted molar refractivity (Wildman–Crippen MR) is 133 cm³/mol. The predicted octanol–water partition coefficient (Wildman–Crippen LogP) is 6.78. The minimum atomic E-state index is -4.49. The van der Waals surface area contributed by atoms with Gasteiger partial charge < -0.3 is 14.7 Å². The fourth-order valence-electron chi connectivity index (χ4n) is 6.86. The first-order chi connectivity index (χ1) is 17.7. The zero-order chi connectivity index (χ0) is 25.9. The second-order valence-electron chi connectivity index (χ2n) is 10.5. The number of rotatable bonds is 3. The Hall–Kier alpha value is -3.32. The lowest BCUT2D eigenvalue weighted by molar-refractivity contribution is -0.138. The summed E-state index contributed by atoms with van der Waals surface area (Å²) in [6.07, 6.45) is -3.15. The van der Waals surface area contributed by atoms with E-state index in [9.17, 15) is 23.1 Å². The monoisotopic (exact) mass is 507 g/mol. The molecule has 2 bridgehead atoms. The Labute approximate surface area is 213 Å². The molecule has 0 spiro atoms. The highest BCUT2D eigenvalue weighted by atomic mass is 19.4. The molecule has 2 saturated heterocycles. The summed E-state index contributed by atoms with van der Waals surface area (Å²) >= 11 is 0. The fourth-order valence-corrected chi connectivity index (χ4v) is 6.86. The molecular formula is C30H28F3NO3. The lowest BCUT2D eigenvalue weighted by Gasteiger charge is -2.44. The molecule has 0 saturated carbocycles. The van der Waals surface area contributed by atoms with E-state index in [0.29, 0.717) is 18.4 Å². The molecule has 1 N–H and O–H groups in total. The maximum Gasteiger partial charge on any atom is 0.416 e. The Morgan fingerprint density at radius 1 is 0.946 bits per heavy atom. The Balaban J connectivity index is 1.20. The van der Waals surface area contributed by atoms with Crippen LogP contribution in [0.3, 0.4) is 0 Å². The first-order valence-corrected chi connectivity index (χ1v) is 12.7. The molecule has 2 fully saturated rings. The summed E-state index contributed by atoms with van der Waals surface area (Å²) in [5.41, 5.74) is 2.76. The average molecular weight is 508 g/mol. The summed E-state index contributed by atoms with van der Waals surface area (Å²) in [6.45, 7) is 1.62. The van der Waals surface area contributed by atoms with Gasteiger partial charge in [0.2, 0.25) is 0 Å². The zero-order valence-corrected chi connectivity index (χ0v) is 20.5. The number of benzene rings is 3. The number of nitrogens with zero attached hydrogens (tertiary/aromatic N) is 1. The molecule has 3 aromatic rings. The van der Waals surface area contributed by atoms with Crippen LogP contribution in [0.2, 0.25) is 0 Å². The third-order valence-corrected chi connectivity index (χ3v) is 8.45. The molecule has 6 rings (SSSR count). The van der Waals surface area contributed by atoms with Crippen molar-refractivity contribution in [1.82, 2.24) is 4.90 Å². The van der Waals surface area contributed by atoms with Crippen LogP contribution in [-0.4, -0.2) is 34.8 Å². The third kappa shape index (κ3) is 3.91. The van der Waals surface area contributed by atoms with Crippen molar-refractivity contribution >= 4 is 6.09 Å². The average Bonchev–Trinajstić information content (AvgIpc) is 3.34. The first kappa shape index (κ1) is 24.0. The van der Waals surface area contributed by atoms with Gasteiger partial charge in [0.1, 0.15) is 6.61 Å². The van der Waals surface area contributed by atoms with Crippen molar-refractivity contribution in [3.63, 3.8) is 0 Å². The molecule has 2 heterocycles. The quantitative estimate of drug-likeness (QED) is 0.425. The van der Waals surface area contributed by atoms with Crippen molar-refractivity contribution in [3.8, 4) is 11.1 Å². The van der Waals surface area contributed by atoms with E-state index in [1.54, 1.807) is 11.0 Å². The van der Waals surface area contributed by atoms with Gasteiger partial charge in [-0.25, -0.2) is 4.79 Å². The molecule has 2 aliphatic heterocycles. The van der Waals surface area contributed by atoms with E-state index >= 15 is 0 Å². The van der Waals surface area contributed by atoms with Crippen LogP contribution >= 0.6 is 0 Å². The smallest absolute Gasteiger partial charge is 0.416 e. The lowest BCUT2D eigenvalue weighted by Crippen LogP contribution is -2.52. The van der Waals surface area contributed by atoms with E-state index in [1.165, 1.54) is 13.0 Å². The van der Waals surface area contributed by atoms with Crippen LogP contribution < -0.4 is 0 Å². The first-order valence-electron chi connectivity index (χ1n) is 12.7. The van der Waals surface area contributed by atoms with Crippen LogP contribution in [-0.2, 0) is 16.5 Å². The van der Waals surface area contributed by atoms with Crippen molar-refractivity contribution in [1.29, 1.82) is 0 Å². The minimum absolute atomic E-state index is 0.0477. The number of halogens is 3. The van der Waals surface area contributed by atoms with E-state index in [2.05, 4.69) is 24.3 Å². The number of alkyl halides is 3. The maximum atomic E-state index is 13.5. The van der Waals surface area contributed by atoms with Gasteiger partial charge in [-0.05, 0) is 59.2 Å². The van der Waals surface area contributed by atoms with E-state index < -0.39 is 23.4 Å². The molecule has 4 nitrogen and oxygen atoms in total.